The van der Waals surface area contributed by atoms with Crippen LogP contribution >= 0.6 is 0 Å². The van der Waals surface area contributed by atoms with Gasteiger partial charge >= 0.3 is 0 Å². The molecule has 11 heteroatoms. The maximum Gasteiger partial charge on any atom is 0.262 e. The van der Waals surface area contributed by atoms with E-state index < -0.39 is 0 Å². The van der Waals surface area contributed by atoms with Gasteiger partial charge in [0.25, 0.3) is 11.5 Å². The summed E-state index contributed by atoms with van der Waals surface area (Å²) in [4.78, 5) is 28.2. The zero-order chi connectivity index (χ0) is 21.5. The molecule has 0 bridgehead atoms. The van der Waals surface area contributed by atoms with Gasteiger partial charge in [0.05, 0.1) is 18.1 Å². The topological polar surface area (TPSA) is 136 Å². The second kappa shape index (κ2) is 7.16. The molecular weight excluding hydrogens is 412 g/mol. The summed E-state index contributed by atoms with van der Waals surface area (Å²) in [7, 11) is 0. The van der Waals surface area contributed by atoms with Crippen molar-refractivity contribution in [1.29, 1.82) is 0 Å². The second-order valence-electron chi connectivity index (χ2n) is 6.90. The molecule has 1 aliphatic heterocycles. The number of aromatic amines is 2. The maximum atomic E-state index is 12.5. The lowest BCUT2D eigenvalue weighted by atomic mass is 10.1. The van der Waals surface area contributed by atoms with E-state index in [-0.39, 0.29) is 12.4 Å². The third-order valence-electron chi connectivity index (χ3n) is 4.95. The lowest BCUT2D eigenvalue weighted by Gasteiger charge is -2.02. The van der Waals surface area contributed by atoms with E-state index in [9.17, 15) is 4.79 Å². The fourth-order valence-corrected chi connectivity index (χ4v) is 3.44. The van der Waals surface area contributed by atoms with Crippen LogP contribution in [0.2, 0.25) is 0 Å². The van der Waals surface area contributed by atoms with Gasteiger partial charge in [0, 0.05) is 23.5 Å². The summed E-state index contributed by atoms with van der Waals surface area (Å²) < 4.78 is 12.3. The Kier molecular flexibility index (Phi) is 4.03. The van der Waals surface area contributed by atoms with E-state index in [0.29, 0.717) is 34.3 Å². The van der Waals surface area contributed by atoms with E-state index in [1.165, 1.54) is 10.9 Å². The minimum Gasteiger partial charge on any atom is -0.454 e. The molecule has 0 atom stereocenters. The number of benzene rings is 1. The quantitative estimate of drug-likeness (QED) is 0.446. The molecule has 4 aromatic heterocycles. The Morgan fingerprint density at radius 2 is 1.94 bits per heavy atom. The van der Waals surface area contributed by atoms with Gasteiger partial charge in [0.2, 0.25) is 6.79 Å². The molecule has 2 N–H and O–H groups in total. The average Bonchev–Trinajstić information content (AvgIpc) is 3.56. The Morgan fingerprint density at radius 3 is 2.84 bits per heavy atom. The van der Waals surface area contributed by atoms with Crippen molar-refractivity contribution < 1.29 is 9.47 Å². The smallest absolute Gasteiger partial charge is 0.262 e. The molecular formula is C21H14N8O3. The Hall–Kier alpha value is -4.80. The van der Waals surface area contributed by atoms with Crippen LogP contribution in [-0.4, -0.2) is 46.7 Å². The van der Waals surface area contributed by atoms with E-state index >= 15 is 0 Å². The van der Waals surface area contributed by atoms with Crippen LogP contribution in [0.15, 0.2) is 53.8 Å². The van der Waals surface area contributed by atoms with Gasteiger partial charge in [-0.05, 0) is 36.4 Å². The van der Waals surface area contributed by atoms with Gasteiger partial charge in [0.1, 0.15) is 11.2 Å². The number of ether oxygens (including phenoxy) is 2. The number of nitrogens with one attached hydrogen (secondary N) is 2. The first kappa shape index (κ1) is 18.0. The van der Waals surface area contributed by atoms with Crippen LogP contribution in [0.1, 0.15) is 11.4 Å². The van der Waals surface area contributed by atoms with Crippen molar-refractivity contribution in [2.75, 3.05) is 6.79 Å². The highest BCUT2D eigenvalue weighted by molar-refractivity contribution is 5.80. The Bertz CT molecular complexity index is 1530. The molecule has 5 heterocycles. The van der Waals surface area contributed by atoms with Crippen molar-refractivity contribution in [1.82, 2.24) is 39.9 Å². The minimum absolute atomic E-state index is 0.209. The van der Waals surface area contributed by atoms with Crippen LogP contribution in [0.4, 0.5) is 0 Å². The number of hydrogen-bond donors (Lipinski definition) is 2. The van der Waals surface area contributed by atoms with E-state index in [0.717, 1.165) is 16.8 Å². The van der Waals surface area contributed by atoms with Crippen molar-refractivity contribution in [3.63, 3.8) is 0 Å². The maximum absolute atomic E-state index is 12.5. The van der Waals surface area contributed by atoms with Gasteiger partial charge in [-0.3, -0.25) is 9.89 Å². The molecule has 0 fully saturated rings. The first-order valence-electron chi connectivity index (χ1n) is 9.63. The fourth-order valence-electron chi connectivity index (χ4n) is 3.44. The summed E-state index contributed by atoms with van der Waals surface area (Å²) in [5.74, 6) is 2.08. The predicted octanol–water partition coefficient (Wildman–Crippen LogP) is 2.19. The van der Waals surface area contributed by atoms with Crippen molar-refractivity contribution >= 4 is 23.2 Å². The monoisotopic (exact) mass is 426 g/mol. The van der Waals surface area contributed by atoms with E-state index in [4.69, 9.17) is 9.47 Å². The highest BCUT2D eigenvalue weighted by atomic mass is 16.7. The van der Waals surface area contributed by atoms with Crippen LogP contribution in [0, 0.1) is 0 Å². The number of nitrogens with zero attached hydrogens (tertiary/aromatic N) is 6. The number of hydrogen-bond acceptors (Lipinski definition) is 8. The summed E-state index contributed by atoms with van der Waals surface area (Å²) >= 11 is 0. The van der Waals surface area contributed by atoms with Crippen molar-refractivity contribution in [3.05, 3.63) is 70.8 Å². The van der Waals surface area contributed by atoms with Crippen molar-refractivity contribution in [3.8, 4) is 28.7 Å². The van der Waals surface area contributed by atoms with E-state index in [1.807, 2.05) is 24.3 Å². The van der Waals surface area contributed by atoms with E-state index in [2.05, 4.69) is 35.2 Å². The Labute approximate surface area is 179 Å². The largest absolute Gasteiger partial charge is 0.454 e. The van der Waals surface area contributed by atoms with Gasteiger partial charge < -0.3 is 14.5 Å². The second-order valence-corrected chi connectivity index (χ2v) is 6.90. The molecule has 11 nitrogen and oxygen atoms in total. The molecule has 0 saturated heterocycles. The van der Waals surface area contributed by atoms with Gasteiger partial charge in [-0.1, -0.05) is 0 Å². The molecule has 0 radical (unpaired) electrons. The summed E-state index contributed by atoms with van der Waals surface area (Å²) in [5, 5.41) is 11.7. The fraction of sp³-hybridized carbons (Fsp3) is 0.0476. The number of aromatic nitrogens is 8. The molecule has 6 rings (SSSR count). The zero-order valence-corrected chi connectivity index (χ0v) is 16.4. The third kappa shape index (κ3) is 2.99. The zero-order valence-electron chi connectivity index (χ0n) is 16.4. The average molecular weight is 426 g/mol. The Morgan fingerprint density at radius 1 is 1.06 bits per heavy atom. The first-order chi connectivity index (χ1) is 15.8. The van der Waals surface area contributed by atoms with Crippen molar-refractivity contribution in [2.45, 2.75) is 0 Å². The normalized spacial score (nSPS) is 12.8. The number of fused-ring (bicyclic) bond motifs is 2. The number of rotatable bonds is 4. The van der Waals surface area contributed by atoms with Gasteiger partial charge in [-0.25, -0.2) is 15.0 Å². The molecule has 1 aliphatic rings. The van der Waals surface area contributed by atoms with Gasteiger partial charge in [0.15, 0.2) is 17.1 Å². The molecule has 0 spiro atoms. The molecule has 0 aliphatic carbocycles. The molecule has 1 aromatic carbocycles. The number of H-pyrrole nitrogens is 2. The molecule has 32 heavy (non-hydrogen) atoms. The highest BCUT2D eigenvalue weighted by Crippen LogP contribution is 2.36. The molecule has 156 valence electrons. The molecule has 5 aromatic rings. The van der Waals surface area contributed by atoms with Crippen molar-refractivity contribution in [2.24, 2.45) is 0 Å². The van der Waals surface area contributed by atoms with Crippen LogP contribution in [-0.2, 0) is 0 Å². The van der Waals surface area contributed by atoms with Crippen LogP contribution in [0.3, 0.4) is 0 Å². The standard InChI is InChI=1S/C21H14N8O3/c30-20-14-10-25-29(21-22-6-1-7-23-21)19(14)26-17(27-20)5-3-13-9-24-28-18(13)12-2-4-15-16(8-12)32-11-31-15/h1-10H,11H2,(H,24,28)(H,26,27,30)/b5-3+. The Balaban J connectivity index is 1.37. The van der Waals surface area contributed by atoms with Crippen LogP contribution in [0.5, 0.6) is 11.5 Å². The van der Waals surface area contributed by atoms with Crippen LogP contribution in [0.25, 0.3) is 40.4 Å². The minimum atomic E-state index is -0.306. The highest BCUT2D eigenvalue weighted by Gasteiger charge is 2.16. The summed E-state index contributed by atoms with van der Waals surface area (Å²) in [6.45, 7) is 0.209. The van der Waals surface area contributed by atoms with Gasteiger partial charge in [-0.15, -0.1) is 0 Å². The molecule has 0 saturated carbocycles. The van der Waals surface area contributed by atoms with Gasteiger partial charge in [-0.2, -0.15) is 14.9 Å². The third-order valence-corrected chi connectivity index (χ3v) is 4.95. The molecule has 0 amide bonds. The summed E-state index contributed by atoms with van der Waals surface area (Å²) in [5.41, 5.74) is 2.56. The summed E-state index contributed by atoms with van der Waals surface area (Å²) in [6.07, 6.45) is 9.84. The first-order valence-corrected chi connectivity index (χ1v) is 9.63. The molecule has 0 unspecified atom stereocenters. The van der Waals surface area contributed by atoms with Crippen LogP contribution < -0.4 is 15.0 Å². The van der Waals surface area contributed by atoms with E-state index in [1.54, 1.807) is 30.7 Å². The summed E-state index contributed by atoms with van der Waals surface area (Å²) in [6, 6.07) is 7.36. The lowest BCUT2D eigenvalue weighted by molar-refractivity contribution is 0.174. The SMILES string of the molecule is O=c1[nH]c(/C=C/c2cn[nH]c2-c2ccc3c(c2)OCO3)nc2c1cnn2-c1ncccn1. The predicted molar refractivity (Wildman–Crippen MR) is 114 cm³/mol. The lowest BCUT2D eigenvalue weighted by Crippen LogP contribution is -2.11.